The van der Waals surface area contributed by atoms with Gasteiger partial charge in [-0.1, -0.05) is 19.6 Å². The van der Waals surface area contributed by atoms with Crippen LogP contribution in [0.4, 0.5) is 0 Å². The summed E-state index contributed by atoms with van der Waals surface area (Å²) < 4.78 is 17.7. The van der Waals surface area contributed by atoms with E-state index < -0.39 is 0 Å². The molecule has 9 rings (SSSR count). The highest BCUT2D eigenvalue weighted by Crippen LogP contribution is 2.30. The number of carbonyl (C=O) groups is 3. The van der Waals surface area contributed by atoms with Gasteiger partial charge >= 0.3 is 0 Å². The van der Waals surface area contributed by atoms with Crippen molar-refractivity contribution in [1.82, 2.24) is 29.9 Å². The van der Waals surface area contributed by atoms with Crippen LogP contribution in [-0.2, 0) is 19.3 Å². The summed E-state index contributed by atoms with van der Waals surface area (Å²) in [6.07, 6.45) is 11.7. The Bertz CT molecular complexity index is 2650. The molecular weight excluding hydrogens is 969 g/mol. The normalized spacial score (nSPS) is 16.9. The van der Waals surface area contributed by atoms with Crippen LogP contribution in [0.3, 0.4) is 0 Å². The summed E-state index contributed by atoms with van der Waals surface area (Å²) in [6, 6.07) is 20.4. The predicted molar refractivity (Wildman–Crippen MR) is 291 cm³/mol. The largest absolute Gasteiger partial charge is 0.492 e. The Morgan fingerprint density at radius 1 is 0.535 bits per heavy atom. The van der Waals surface area contributed by atoms with Gasteiger partial charge in [-0.05, 0) is 114 Å². The molecule has 376 valence electrons. The maximum Gasteiger partial charge on any atom is 0.188 e. The first-order chi connectivity index (χ1) is 33.9. The molecule has 0 N–H and O–H groups in total. The van der Waals surface area contributed by atoms with Crippen molar-refractivity contribution in [2.75, 3.05) is 37.1 Å². The first-order valence-corrected chi connectivity index (χ1v) is 27.9. The van der Waals surface area contributed by atoms with Crippen molar-refractivity contribution in [2.45, 2.75) is 116 Å². The summed E-state index contributed by atoms with van der Waals surface area (Å²) in [6.45, 7) is 11.7. The zero-order chi connectivity index (χ0) is 49.2. The second-order valence-corrected chi connectivity index (χ2v) is 22.8. The molecule has 9 heterocycles. The number of pyridine rings is 5. The number of aromatic nitrogens is 6. The number of rotatable bonds is 18. The van der Waals surface area contributed by atoms with Crippen LogP contribution in [0.5, 0.6) is 17.2 Å². The van der Waals surface area contributed by atoms with Crippen molar-refractivity contribution < 1.29 is 28.6 Å². The summed E-state index contributed by atoms with van der Waals surface area (Å²) in [5.41, 5.74) is 7.32. The van der Waals surface area contributed by atoms with Crippen molar-refractivity contribution >= 4 is 64.0 Å². The van der Waals surface area contributed by atoms with Crippen LogP contribution >= 0.6 is 46.6 Å². The van der Waals surface area contributed by atoms with E-state index in [1.807, 2.05) is 124 Å². The van der Waals surface area contributed by atoms with Crippen LogP contribution in [0.1, 0.15) is 122 Å². The van der Waals surface area contributed by atoms with Gasteiger partial charge in [0.25, 0.3) is 0 Å². The SMILES string of the molecule is C.Cc1cc(OCC2CCCS2)cc(C(=O)Cc2ccccn2)n1.Cc1cc(OCC2CCCS2)cc(C(=O)Cc2nc(C)cs2)n1.Cc1ccc(CC(=O)c2cc(OCC3CCCS3)cc(C)n2)nc1. The van der Waals surface area contributed by atoms with E-state index in [2.05, 4.69) is 29.9 Å². The van der Waals surface area contributed by atoms with Crippen molar-refractivity contribution in [3.63, 3.8) is 0 Å². The summed E-state index contributed by atoms with van der Waals surface area (Å²) >= 11 is 7.41. The predicted octanol–water partition coefficient (Wildman–Crippen LogP) is 11.8. The Kier molecular flexibility index (Phi) is 21.9. The molecule has 0 amide bonds. The number of aryl methyl sites for hydroxylation is 5. The highest BCUT2D eigenvalue weighted by molar-refractivity contribution is 8.00. The fraction of sp³-hybridized carbons (Fsp3) is 0.436. The van der Waals surface area contributed by atoms with E-state index >= 15 is 0 Å². The number of thioether (sulfide) groups is 3. The molecule has 0 spiro atoms. The minimum absolute atomic E-state index is 0. The smallest absolute Gasteiger partial charge is 0.188 e. The molecular formula is C55H66N6O6S4. The summed E-state index contributed by atoms with van der Waals surface area (Å²) in [5.74, 6) is 5.79. The highest BCUT2D eigenvalue weighted by Gasteiger charge is 2.21. The number of ether oxygens (including phenoxy) is 3. The lowest BCUT2D eigenvalue weighted by Crippen LogP contribution is -2.13. The maximum absolute atomic E-state index is 12.5. The number of hydrogen-bond acceptors (Lipinski definition) is 16. The average molecular weight is 1040 g/mol. The summed E-state index contributed by atoms with van der Waals surface area (Å²) in [7, 11) is 0. The minimum Gasteiger partial charge on any atom is -0.492 e. The van der Waals surface area contributed by atoms with Crippen LogP contribution < -0.4 is 14.2 Å². The molecule has 6 aromatic rings. The minimum atomic E-state index is -0.0347. The standard InChI is InChI=1S/C19H22N2O2S.C18H20N2O2S.C17H20N2O2S2.CH4/c1-13-5-6-15(20-11-13)9-19(22)18-10-16(8-14(2)21-18)23-12-17-4-3-7-24-17;1-13-9-15(22-12-16-6-4-8-23-16)11-17(20-13)18(21)10-14-5-2-3-7-19-14;1-11-6-13(21-9-14-4-3-5-22-14)7-15(18-11)16(20)8-17-19-12(2)10-23-17;/h5-6,8,10-11,17H,3-4,7,9,12H2,1-2H3;2-3,5,7,9,11,16H,4,6,8,10,12H2,1H3;6-7,10,14H,3-5,8-9H2,1-2H3;1H4. The van der Waals surface area contributed by atoms with Gasteiger partial charge in [0, 0.05) is 104 Å². The molecule has 3 saturated heterocycles. The van der Waals surface area contributed by atoms with E-state index in [0.29, 0.717) is 59.1 Å². The molecule has 3 fully saturated rings. The van der Waals surface area contributed by atoms with Crippen molar-refractivity contribution in [1.29, 1.82) is 0 Å². The molecule has 3 aliphatic heterocycles. The summed E-state index contributed by atoms with van der Waals surface area (Å²) in [4.78, 5) is 63.3. The Balaban J connectivity index is 0.000000173. The van der Waals surface area contributed by atoms with E-state index in [1.54, 1.807) is 30.6 Å². The van der Waals surface area contributed by atoms with Crippen molar-refractivity contribution in [2.24, 2.45) is 0 Å². The van der Waals surface area contributed by atoms with Gasteiger partial charge in [-0.2, -0.15) is 35.3 Å². The van der Waals surface area contributed by atoms with E-state index in [0.717, 1.165) is 62.0 Å². The maximum atomic E-state index is 12.5. The Labute approximate surface area is 436 Å². The molecule has 0 bridgehead atoms. The fourth-order valence-electron chi connectivity index (χ4n) is 7.81. The van der Waals surface area contributed by atoms with Crippen LogP contribution in [0.15, 0.2) is 84.5 Å². The van der Waals surface area contributed by atoms with Gasteiger partial charge in [-0.25, -0.2) is 19.9 Å². The monoisotopic (exact) mass is 1030 g/mol. The number of carbonyl (C=O) groups excluding carboxylic acids is 3. The van der Waals surface area contributed by atoms with E-state index in [4.69, 9.17) is 14.2 Å². The third kappa shape index (κ3) is 18.4. The molecule has 71 heavy (non-hydrogen) atoms. The van der Waals surface area contributed by atoms with Gasteiger partial charge in [-0.15, -0.1) is 11.3 Å². The number of Topliss-reactive ketones (excluding diaryl/α,β-unsaturated/α-hetero) is 3. The van der Waals surface area contributed by atoms with Gasteiger partial charge in [0.2, 0.25) is 0 Å². The van der Waals surface area contributed by atoms with E-state index in [9.17, 15) is 14.4 Å². The topological polar surface area (TPSA) is 156 Å². The van der Waals surface area contributed by atoms with Crippen LogP contribution in [0.2, 0.25) is 0 Å². The van der Waals surface area contributed by atoms with E-state index in [1.165, 1.54) is 67.1 Å². The van der Waals surface area contributed by atoms with Gasteiger partial charge in [0.15, 0.2) is 17.3 Å². The molecule has 3 unspecified atom stereocenters. The number of thiazole rings is 1. The molecule has 3 atom stereocenters. The van der Waals surface area contributed by atoms with E-state index in [-0.39, 0.29) is 37.6 Å². The Hall–Kier alpha value is -5.16. The molecule has 3 aliphatic rings. The van der Waals surface area contributed by atoms with Gasteiger partial charge < -0.3 is 14.2 Å². The first-order valence-electron chi connectivity index (χ1n) is 23.9. The quantitative estimate of drug-likeness (QED) is 0.0749. The second-order valence-electron chi connectivity index (χ2n) is 17.7. The zero-order valence-corrected chi connectivity index (χ0v) is 44.0. The molecule has 16 heteroatoms. The second kappa shape index (κ2) is 28.2. The number of hydrogen-bond donors (Lipinski definition) is 0. The molecule has 12 nitrogen and oxygen atoms in total. The molecule has 0 saturated carbocycles. The number of ketones is 3. The molecule has 0 aliphatic carbocycles. The zero-order valence-electron chi connectivity index (χ0n) is 40.7. The Morgan fingerprint density at radius 2 is 0.986 bits per heavy atom. The van der Waals surface area contributed by atoms with Crippen LogP contribution in [0, 0.1) is 34.6 Å². The van der Waals surface area contributed by atoms with Crippen molar-refractivity contribution in [3.8, 4) is 17.2 Å². The third-order valence-corrected chi connectivity index (χ3v) is 16.4. The van der Waals surface area contributed by atoms with Gasteiger partial charge in [0.1, 0.15) is 59.2 Å². The van der Waals surface area contributed by atoms with Crippen LogP contribution in [0.25, 0.3) is 0 Å². The highest BCUT2D eigenvalue weighted by atomic mass is 32.2. The van der Waals surface area contributed by atoms with Gasteiger partial charge in [-0.3, -0.25) is 24.4 Å². The lowest BCUT2D eigenvalue weighted by atomic mass is 10.1. The fourth-order valence-corrected chi connectivity index (χ4v) is 12.1. The molecule has 0 aromatic carbocycles. The molecule has 6 aromatic heterocycles. The Morgan fingerprint density at radius 3 is 1.35 bits per heavy atom. The third-order valence-electron chi connectivity index (χ3n) is 11.4. The summed E-state index contributed by atoms with van der Waals surface area (Å²) in [5, 5.41) is 4.49. The van der Waals surface area contributed by atoms with Crippen LogP contribution in [-0.4, -0.2) is 100 Å². The first kappa shape index (κ1) is 55.2. The lowest BCUT2D eigenvalue weighted by molar-refractivity contribution is 0.0978. The molecule has 0 radical (unpaired) electrons. The van der Waals surface area contributed by atoms with Crippen molar-refractivity contribution in [3.05, 3.63) is 146 Å². The van der Waals surface area contributed by atoms with Gasteiger partial charge in [0.05, 0.1) is 19.3 Å². The lowest BCUT2D eigenvalue weighted by Gasteiger charge is -2.12. The average Bonchev–Trinajstić information content (AvgIpc) is 4.22. The number of nitrogens with zero attached hydrogens (tertiary/aromatic N) is 6.